The molecular formula is C20H16FN5O3. The number of fused-ring (bicyclic) bond motifs is 1. The molecule has 0 radical (unpaired) electrons. The van der Waals surface area contributed by atoms with Crippen LogP contribution in [0.2, 0.25) is 0 Å². The molecule has 0 saturated carbocycles. The van der Waals surface area contributed by atoms with Crippen molar-refractivity contribution in [3.05, 3.63) is 71.7 Å². The van der Waals surface area contributed by atoms with E-state index in [1.165, 1.54) is 12.1 Å². The number of aromatic amines is 1. The summed E-state index contributed by atoms with van der Waals surface area (Å²) in [5.74, 6) is -2.94. The average Bonchev–Trinajstić information content (AvgIpc) is 3.22. The molecule has 9 heteroatoms. The van der Waals surface area contributed by atoms with Crippen LogP contribution in [0.5, 0.6) is 0 Å². The third kappa shape index (κ3) is 3.84. The van der Waals surface area contributed by atoms with Crippen LogP contribution in [0.15, 0.2) is 54.6 Å². The van der Waals surface area contributed by atoms with Crippen molar-refractivity contribution in [1.82, 2.24) is 21.0 Å². The zero-order valence-electron chi connectivity index (χ0n) is 15.0. The van der Waals surface area contributed by atoms with Crippen LogP contribution in [0.3, 0.4) is 0 Å². The van der Waals surface area contributed by atoms with Gasteiger partial charge in [-0.2, -0.15) is 5.10 Å². The van der Waals surface area contributed by atoms with E-state index in [1.807, 2.05) is 30.3 Å². The van der Waals surface area contributed by atoms with Gasteiger partial charge in [-0.25, -0.2) is 4.39 Å². The summed E-state index contributed by atoms with van der Waals surface area (Å²) in [6, 6.07) is 14.7. The lowest BCUT2D eigenvalue weighted by atomic mass is 9.90. The highest BCUT2D eigenvalue weighted by Gasteiger charge is 2.31. The van der Waals surface area contributed by atoms with Crippen molar-refractivity contribution in [3.8, 4) is 11.3 Å². The molecule has 1 aliphatic heterocycles. The number of carbonyl (C=O) groups is 3. The van der Waals surface area contributed by atoms with Crippen molar-refractivity contribution in [2.24, 2.45) is 0 Å². The fourth-order valence-corrected chi connectivity index (χ4v) is 3.14. The molecule has 1 aliphatic rings. The Morgan fingerprint density at radius 2 is 1.86 bits per heavy atom. The van der Waals surface area contributed by atoms with Crippen LogP contribution in [-0.4, -0.2) is 27.9 Å². The number of H-pyrrole nitrogens is 1. The Morgan fingerprint density at radius 1 is 1.07 bits per heavy atom. The Balaban J connectivity index is 1.43. The second-order valence-corrected chi connectivity index (χ2v) is 6.51. The zero-order chi connectivity index (χ0) is 20.4. The van der Waals surface area contributed by atoms with Crippen LogP contribution < -0.4 is 16.2 Å². The van der Waals surface area contributed by atoms with Gasteiger partial charge >= 0.3 is 0 Å². The summed E-state index contributed by atoms with van der Waals surface area (Å²) in [7, 11) is 0. The fourth-order valence-electron chi connectivity index (χ4n) is 3.14. The topological polar surface area (TPSA) is 116 Å². The molecule has 0 bridgehead atoms. The molecule has 0 saturated heterocycles. The minimum atomic E-state index is -0.846. The Kier molecular flexibility index (Phi) is 4.78. The van der Waals surface area contributed by atoms with E-state index < -0.39 is 29.5 Å². The minimum absolute atomic E-state index is 0.109. The van der Waals surface area contributed by atoms with Crippen molar-refractivity contribution in [1.29, 1.82) is 0 Å². The Labute approximate surface area is 164 Å². The molecule has 3 amide bonds. The van der Waals surface area contributed by atoms with Gasteiger partial charge in [0.05, 0.1) is 11.6 Å². The smallest absolute Gasteiger partial charge is 0.287 e. The molecule has 1 atom stereocenters. The van der Waals surface area contributed by atoms with E-state index in [2.05, 4.69) is 26.4 Å². The number of rotatable bonds is 3. The van der Waals surface area contributed by atoms with Gasteiger partial charge in [0.2, 0.25) is 11.8 Å². The summed E-state index contributed by atoms with van der Waals surface area (Å²) in [5.41, 5.74) is 6.92. The van der Waals surface area contributed by atoms with Gasteiger partial charge in [0.15, 0.2) is 0 Å². The predicted octanol–water partition coefficient (Wildman–Crippen LogP) is 2.10. The molecule has 8 nitrogen and oxygen atoms in total. The van der Waals surface area contributed by atoms with Crippen LogP contribution in [0.4, 0.5) is 10.1 Å². The number of hydrogen-bond donors (Lipinski definition) is 4. The van der Waals surface area contributed by atoms with E-state index in [4.69, 9.17) is 0 Å². The molecule has 0 aliphatic carbocycles. The van der Waals surface area contributed by atoms with Gasteiger partial charge < -0.3 is 5.32 Å². The third-order valence-electron chi connectivity index (χ3n) is 4.56. The number of nitrogens with zero attached hydrogens (tertiary/aromatic N) is 1. The number of carbonyl (C=O) groups excluding carboxylic acids is 3. The van der Waals surface area contributed by atoms with Gasteiger partial charge in [0.25, 0.3) is 5.91 Å². The largest absolute Gasteiger partial charge is 0.326 e. The minimum Gasteiger partial charge on any atom is -0.326 e. The highest BCUT2D eigenvalue weighted by Crippen LogP contribution is 2.32. The molecule has 29 heavy (non-hydrogen) atoms. The van der Waals surface area contributed by atoms with E-state index in [1.54, 1.807) is 6.07 Å². The van der Waals surface area contributed by atoms with Crippen molar-refractivity contribution in [3.63, 3.8) is 0 Å². The van der Waals surface area contributed by atoms with Crippen LogP contribution in [-0.2, 0) is 9.59 Å². The number of hydrazine groups is 1. The maximum Gasteiger partial charge on any atom is 0.287 e. The van der Waals surface area contributed by atoms with E-state index in [9.17, 15) is 18.8 Å². The summed E-state index contributed by atoms with van der Waals surface area (Å²) < 4.78 is 13.4. The number of halogens is 1. The molecule has 2 heterocycles. The summed E-state index contributed by atoms with van der Waals surface area (Å²) >= 11 is 0. The summed E-state index contributed by atoms with van der Waals surface area (Å²) in [5, 5.41) is 9.24. The van der Waals surface area contributed by atoms with Crippen LogP contribution in [0, 0.1) is 5.82 Å². The van der Waals surface area contributed by atoms with E-state index in [-0.39, 0.29) is 17.8 Å². The second-order valence-electron chi connectivity index (χ2n) is 6.51. The van der Waals surface area contributed by atoms with Gasteiger partial charge in [-0.1, -0.05) is 36.4 Å². The van der Waals surface area contributed by atoms with Gasteiger partial charge in [-0.15, -0.1) is 0 Å². The first kappa shape index (κ1) is 18.4. The van der Waals surface area contributed by atoms with Gasteiger partial charge in [0, 0.05) is 17.7 Å². The van der Waals surface area contributed by atoms with Crippen molar-refractivity contribution in [2.45, 2.75) is 12.3 Å². The molecule has 146 valence electrons. The molecule has 0 fully saturated rings. The van der Waals surface area contributed by atoms with E-state index >= 15 is 0 Å². The molecule has 4 N–H and O–H groups in total. The Morgan fingerprint density at radius 3 is 2.66 bits per heavy atom. The number of nitrogens with one attached hydrogen (secondary N) is 4. The van der Waals surface area contributed by atoms with Crippen LogP contribution in [0.25, 0.3) is 11.3 Å². The SMILES string of the molecule is O=C1CC(C(=O)NNC(=O)c2cc(-c3ccccc3)n[nH]2)c2ccc(F)cc2N1. The molecule has 3 aromatic rings. The summed E-state index contributed by atoms with van der Waals surface area (Å²) in [4.78, 5) is 36.7. The van der Waals surface area contributed by atoms with Crippen LogP contribution >= 0.6 is 0 Å². The first-order valence-corrected chi connectivity index (χ1v) is 8.81. The monoisotopic (exact) mass is 393 g/mol. The first-order chi connectivity index (χ1) is 14.0. The highest BCUT2D eigenvalue weighted by molar-refractivity contribution is 6.02. The molecule has 0 spiro atoms. The molecule has 4 rings (SSSR count). The maximum atomic E-state index is 13.4. The highest BCUT2D eigenvalue weighted by atomic mass is 19.1. The number of amides is 3. The molecule has 1 aromatic heterocycles. The Bertz CT molecular complexity index is 1100. The molecule has 1 unspecified atom stereocenters. The van der Waals surface area contributed by atoms with E-state index in [0.29, 0.717) is 11.3 Å². The normalized spacial score (nSPS) is 15.2. The molecule has 2 aromatic carbocycles. The maximum absolute atomic E-state index is 13.4. The van der Waals surface area contributed by atoms with Crippen molar-refractivity contribution in [2.75, 3.05) is 5.32 Å². The number of hydrogen-bond acceptors (Lipinski definition) is 4. The fraction of sp³-hybridized carbons (Fsp3) is 0.100. The quantitative estimate of drug-likeness (QED) is 0.510. The molecular weight excluding hydrogens is 377 g/mol. The van der Waals surface area contributed by atoms with Gasteiger partial charge in [-0.05, 0) is 23.8 Å². The standard InChI is InChI=1S/C20H16FN5O3/c21-12-6-7-13-14(9-18(27)22-16(13)8-12)19(28)25-26-20(29)17-10-15(23-24-17)11-4-2-1-3-5-11/h1-8,10,14H,9H2,(H,22,27)(H,23,24)(H,25,28)(H,26,29). The van der Waals surface area contributed by atoms with Crippen molar-refractivity contribution >= 4 is 23.4 Å². The zero-order valence-corrected chi connectivity index (χ0v) is 15.0. The van der Waals surface area contributed by atoms with Crippen LogP contribution in [0.1, 0.15) is 28.4 Å². The first-order valence-electron chi connectivity index (χ1n) is 8.81. The Hall–Kier alpha value is -4.01. The van der Waals surface area contributed by atoms with E-state index in [0.717, 1.165) is 11.6 Å². The number of anilines is 1. The van der Waals surface area contributed by atoms with Crippen molar-refractivity contribution < 1.29 is 18.8 Å². The number of aromatic nitrogens is 2. The third-order valence-corrected chi connectivity index (χ3v) is 4.56. The summed E-state index contributed by atoms with van der Waals surface area (Å²) in [6.45, 7) is 0. The lowest BCUT2D eigenvalue weighted by Crippen LogP contribution is -2.45. The number of benzene rings is 2. The predicted molar refractivity (Wildman–Crippen MR) is 102 cm³/mol. The summed E-state index contributed by atoms with van der Waals surface area (Å²) in [6.07, 6.45) is -0.109. The van der Waals surface area contributed by atoms with Gasteiger partial charge in [0.1, 0.15) is 11.5 Å². The average molecular weight is 393 g/mol. The van der Waals surface area contributed by atoms with Gasteiger partial charge in [-0.3, -0.25) is 30.3 Å². The lowest BCUT2D eigenvalue weighted by Gasteiger charge is -2.24. The second kappa shape index (κ2) is 7.55. The lowest BCUT2D eigenvalue weighted by molar-refractivity contribution is -0.126.